The highest BCUT2D eigenvalue weighted by Gasteiger charge is 2.33. The number of ether oxygens (including phenoxy) is 3. The molecule has 0 aliphatic carbocycles. The molecule has 0 fully saturated rings. The summed E-state index contributed by atoms with van der Waals surface area (Å²) < 4.78 is 19.1. The molecule has 6 nitrogen and oxygen atoms in total. The quantitative estimate of drug-likeness (QED) is 0.179. The normalized spacial score (nSPS) is 15.3. The average Bonchev–Trinajstić information content (AvgIpc) is 3.19. The smallest absolute Gasteiger partial charge is 0.344 e. The summed E-state index contributed by atoms with van der Waals surface area (Å²) in [5.74, 6) is 0.363. The van der Waals surface area contributed by atoms with E-state index in [4.69, 9.17) is 14.2 Å². The van der Waals surface area contributed by atoms with Gasteiger partial charge in [0.05, 0.1) is 28.3 Å². The molecule has 0 spiro atoms. The highest BCUT2D eigenvalue weighted by atomic mass is 127. The molecule has 196 valence electrons. The lowest BCUT2D eigenvalue weighted by Crippen LogP contribution is -2.12. The van der Waals surface area contributed by atoms with Crippen LogP contribution in [0.4, 0.5) is 5.69 Å². The van der Waals surface area contributed by atoms with Crippen LogP contribution >= 0.6 is 50.3 Å². The average molecular weight is 706 g/mol. The van der Waals surface area contributed by atoms with Gasteiger partial charge in [0.1, 0.15) is 23.0 Å². The van der Waals surface area contributed by atoms with E-state index in [0.29, 0.717) is 44.8 Å². The van der Waals surface area contributed by atoms with Crippen LogP contribution in [0.25, 0.3) is 6.08 Å². The maximum Gasteiger partial charge on any atom is 0.344 e. The molecule has 0 amide bonds. The third kappa shape index (κ3) is 7.00. The molecule has 1 N–H and O–H groups in total. The lowest BCUT2D eigenvalue weighted by molar-refractivity contribution is -0.138. The number of benzene rings is 3. The summed E-state index contributed by atoms with van der Waals surface area (Å²) in [6.07, 6.45) is 1.78. The first-order valence-electron chi connectivity index (χ1n) is 11.9. The van der Waals surface area contributed by atoms with Crippen molar-refractivity contribution in [1.29, 1.82) is 0 Å². The number of aliphatic imine (C=N–C) groups is 1. The van der Waals surface area contributed by atoms with Gasteiger partial charge in [-0.15, -0.1) is 0 Å². The molecule has 0 saturated heterocycles. The van der Waals surface area contributed by atoms with Gasteiger partial charge in [-0.3, -0.25) is 0 Å². The minimum atomic E-state index is -0.619. The molecule has 0 aromatic heterocycles. The molecule has 3 aromatic carbocycles. The Labute approximate surface area is 248 Å². The van der Waals surface area contributed by atoms with E-state index in [1.54, 1.807) is 13.0 Å². The Kier molecular flexibility index (Phi) is 9.92. The van der Waals surface area contributed by atoms with Crippen LogP contribution in [0.1, 0.15) is 25.0 Å². The van der Waals surface area contributed by atoms with Crippen molar-refractivity contribution in [3.05, 3.63) is 102 Å². The van der Waals surface area contributed by atoms with Crippen molar-refractivity contribution in [1.82, 2.24) is 0 Å². The zero-order chi connectivity index (χ0) is 27.1. The maximum absolute atomic E-state index is 12.7. The van der Waals surface area contributed by atoms with E-state index in [2.05, 4.69) is 43.5 Å². The number of carbonyl (C=O) groups is 1. The number of aliphatic hydroxyl groups excluding tert-OH is 1. The summed E-state index contributed by atoms with van der Waals surface area (Å²) in [6.45, 7) is 4.65. The largest absolute Gasteiger partial charge is 0.506 e. The predicted octanol–water partition coefficient (Wildman–Crippen LogP) is 8.22. The fourth-order valence-electron chi connectivity index (χ4n) is 3.57. The second kappa shape index (κ2) is 13.3. The van der Waals surface area contributed by atoms with Crippen molar-refractivity contribution in [2.75, 3.05) is 13.2 Å². The van der Waals surface area contributed by atoms with Crippen LogP contribution in [0.5, 0.6) is 11.5 Å². The number of carbonyl (C=O) groups excluding carboxylic acids is 1. The van der Waals surface area contributed by atoms with Gasteiger partial charge in [0.15, 0.2) is 11.5 Å². The second-order valence-corrected chi connectivity index (χ2v) is 11.1. The van der Waals surface area contributed by atoms with Gasteiger partial charge < -0.3 is 19.3 Å². The predicted molar refractivity (Wildman–Crippen MR) is 164 cm³/mol. The van der Waals surface area contributed by atoms with E-state index in [9.17, 15) is 9.90 Å². The van der Waals surface area contributed by atoms with Gasteiger partial charge in [0.25, 0.3) is 0 Å². The number of nitrogens with zero attached hydrogens (tertiary/aromatic N) is 1. The molecule has 3 aromatic rings. The highest BCUT2D eigenvalue weighted by molar-refractivity contribution is 14.1. The summed E-state index contributed by atoms with van der Waals surface area (Å²) in [5, 5.41) is 11.4. The number of hydrogen-bond acceptors (Lipinski definition) is 7. The van der Waals surface area contributed by atoms with E-state index in [1.165, 1.54) is 11.8 Å². The molecule has 9 heteroatoms. The summed E-state index contributed by atoms with van der Waals surface area (Å²) in [7, 11) is 0. The zero-order valence-corrected chi connectivity index (χ0v) is 25.3. The number of rotatable bonds is 9. The van der Waals surface area contributed by atoms with E-state index >= 15 is 0 Å². The Morgan fingerprint density at radius 2 is 1.79 bits per heavy atom. The summed E-state index contributed by atoms with van der Waals surface area (Å²) in [4.78, 5) is 17.8. The Bertz CT molecular complexity index is 1400. The number of thioether (sulfide) groups is 1. The van der Waals surface area contributed by atoms with Crippen molar-refractivity contribution < 1.29 is 24.1 Å². The van der Waals surface area contributed by atoms with Crippen LogP contribution in [0.15, 0.2) is 92.4 Å². The molecule has 0 radical (unpaired) electrons. The van der Waals surface area contributed by atoms with E-state index in [0.717, 1.165) is 14.7 Å². The second-order valence-electron chi connectivity index (χ2n) is 7.99. The van der Waals surface area contributed by atoms with Gasteiger partial charge in [-0.05, 0) is 106 Å². The number of para-hydroxylation sites is 1. The number of halogens is 2. The Hall–Kier alpha value is -2.76. The minimum absolute atomic E-state index is 0.0496. The van der Waals surface area contributed by atoms with Gasteiger partial charge in [0, 0.05) is 3.57 Å². The Morgan fingerprint density at radius 1 is 1.05 bits per heavy atom. The van der Waals surface area contributed by atoms with E-state index in [1.807, 2.05) is 73.7 Å². The summed E-state index contributed by atoms with van der Waals surface area (Å²) in [6, 6.07) is 21.1. The first-order chi connectivity index (χ1) is 18.4. The van der Waals surface area contributed by atoms with Crippen LogP contribution in [0, 0.1) is 3.57 Å². The highest BCUT2D eigenvalue weighted by Crippen LogP contribution is 2.42. The van der Waals surface area contributed by atoms with Crippen molar-refractivity contribution in [3.63, 3.8) is 0 Å². The fraction of sp³-hybridized carbons (Fsp3) is 0.172. The molecule has 0 unspecified atom stereocenters. The lowest BCUT2D eigenvalue weighted by atomic mass is 10.1. The van der Waals surface area contributed by atoms with Gasteiger partial charge in [-0.25, -0.2) is 9.79 Å². The topological polar surface area (TPSA) is 77.4 Å². The maximum atomic E-state index is 12.7. The van der Waals surface area contributed by atoms with Gasteiger partial charge >= 0.3 is 5.97 Å². The van der Waals surface area contributed by atoms with Crippen LogP contribution < -0.4 is 9.47 Å². The van der Waals surface area contributed by atoms with E-state index in [-0.39, 0.29) is 17.9 Å². The van der Waals surface area contributed by atoms with Crippen LogP contribution in [-0.4, -0.2) is 29.3 Å². The molecular weight excluding hydrogens is 681 g/mol. The SMILES string of the molecule is CCOC(=O)C1=C(O)/C(=C/c2cc(Br)c(OCc3ccc(I)cc3)c(OCC)c2)SC1=Nc1ccccc1. The zero-order valence-electron chi connectivity index (χ0n) is 20.7. The monoisotopic (exact) mass is 705 g/mol. The molecule has 0 saturated carbocycles. The summed E-state index contributed by atoms with van der Waals surface area (Å²) >= 11 is 7.09. The van der Waals surface area contributed by atoms with Gasteiger partial charge in [0.2, 0.25) is 0 Å². The van der Waals surface area contributed by atoms with Crippen molar-refractivity contribution >= 4 is 73.1 Å². The molecule has 0 atom stereocenters. The number of esters is 1. The third-order valence-corrected chi connectivity index (χ3v) is 7.61. The molecule has 38 heavy (non-hydrogen) atoms. The molecule has 1 heterocycles. The number of aliphatic hydroxyl groups is 1. The molecule has 1 aliphatic heterocycles. The minimum Gasteiger partial charge on any atom is -0.506 e. The van der Waals surface area contributed by atoms with Crippen LogP contribution in [0.3, 0.4) is 0 Å². The Morgan fingerprint density at radius 3 is 2.47 bits per heavy atom. The standard InChI is InChI=1S/C29H25BrINO5S/c1-3-35-23-15-19(14-22(30)27(23)37-17-18-10-12-20(31)13-11-18)16-24-26(33)25(29(34)36-4-2)28(38-24)32-21-8-6-5-7-9-21/h5-16,33H,3-4,17H2,1-2H3/b24-16-,32-28?. The lowest BCUT2D eigenvalue weighted by Gasteiger charge is -2.15. The van der Waals surface area contributed by atoms with Gasteiger partial charge in [-0.2, -0.15) is 0 Å². The molecular formula is C29H25BrINO5S. The van der Waals surface area contributed by atoms with Crippen LogP contribution in [-0.2, 0) is 16.1 Å². The summed E-state index contributed by atoms with van der Waals surface area (Å²) in [5.41, 5.74) is 2.51. The van der Waals surface area contributed by atoms with Crippen molar-refractivity contribution in [2.24, 2.45) is 4.99 Å². The first kappa shape index (κ1) is 28.3. The molecule has 1 aliphatic rings. The number of hydrogen-bond donors (Lipinski definition) is 1. The molecule has 0 bridgehead atoms. The van der Waals surface area contributed by atoms with Crippen molar-refractivity contribution in [3.8, 4) is 11.5 Å². The fourth-order valence-corrected chi connectivity index (χ4v) is 5.54. The first-order valence-corrected chi connectivity index (χ1v) is 14.6. The van der Waals surface area contributed by atoms with Crippen LogP contribution in [0.2, 0.25) is 0 Å². The van der Waals surface area contributed by atoms with Gasteiger partial charge in [-0.1, -0.05) is 42.1 Å². The van der Waals surface area contributed by atoms with Crippen molar-refractivity contribution in [2.45, 2.75) is 20.5 Å². The third-order valence-electron chi connectivity index (χ3n) is 5.28. The van der Waals surface area contributed by atoms with E-state index < -0.39 is 5.97 Å². The molecule has 4 rings (SSSR count). The Balaban J connectivity index is 1.67.